The number of nitrogens with two attached hydrogens (primary N) is 1. The molecule has 3 rings (SSSR count). The van der Waals surface area contributed by atoms with Gasteiger partial charge in [-0.3, -0.25) is 4.79 Å². The number of benzene rings is 1. The number of amides is 1. The smallest absolute Gasteiger partial charge is 0.224 e. The van der Waals surface area contributed by atoms with E-state index in [4.69, 9.17) is 5.73 Å². The molecular weight excluding hydrogens is 340 g/mol. The molecule has 1 aliphatic heterocycles. The lowest BCUT2D eigenvalue weighted by molar-refractivity contribution is -0.132. The molecule has 26 heavy (non-hydrogen) atoms. The zero-order chi connectivity index (χ0) is 18.7. The van der Waals surface area contributed by atoms with Crippen molar-refractivity contribution in [2.45, 2.75) is 31.8 Å². The number of nitrogens with one attached hydrogen (secondary N) is 1. The van der Waals surface area contributed by atoms with Crippen LogP contribution in [0.25, 0.3) is 0 Å². The molecule has 1 aromatic carbocycles. The van der Waals surface area contributed by atoms with Gasteiger partial charge in [0.2, 0.25) is 11.9 Å². The first-order valence-electron chi connectivity index (χ1n) is 8.46. The van der Waals surface area contributed by atoms with E-state index in [-0.39, 0.29) is 24.3 Å². The summed E-state index contributed by atoms with van der Waals surface area (Å²) in [5.41, 5.74) is 8.02. The third-order valence-electron chi connectivity index (χ3n) is 4.45. The monoisotopic (exact) mass is 361 g/mol. The Morgan fingerprint density at radius 1 is 1.42 bits per heavy atom. The quantitative estimate of drug-likeness (QED) is 0.846. The summed E-state index contributed by atoms with van der Waals surface area (Å²) >= 11 is 0. The second-order valence-corrected chi connectivity index (χ2v) is 6.38. The fourth-order valence-electron chi connectivity index (χ4n) is 3.04. The average Bonchev–Trinajstić information content (AvgIpc) is 2.63. The second-order valence-electron chi connectivity index (χ2n) is 6.38. The first kappa shape index (κ1) is 18.2. The zero-order valence-electron chi connectivity index (χ0n) is 14.5. The lowest BCUT2D eigenvalue weighted by Gasteiger charge is -2.29. The summed E-state index contributed by atoms with van der Waals surface area (Å²) < 4.78 is 27.0. The summed E-state index contributed by atoms with van der Waals surface area (Å²) in [7, 11) is 1.73. The Morgan fingerprint density at radius 3 is 3.00 bits per heavy atom. The average molecular weight is 361 g/mol. The highest BCUT2D eigenvalue weighted by atomic mass is 19.1. The number of halogens is 2. The van der Waals surface area contributed by atoms with Crippen LogP contribution in [0.1, 0.15) is 23.2 Å². The van der Waals surface area contributed by atoms with Crippen LogP contribution in [0.15, 0.2) is 24.4 Å². The molecule has 3 N–H and O–H groups in total. The second kappa shape index (κ2) is 7.74. The van der Waals surface area contributed by atoms with Crippen LogP contribution in [0.2, 0.25) is 0 Å². The summed E-state index contributed by atoms with van der Waals surface area (Å²) in [5, 5.41) is 2.88. The van der Waals surface area contributed by atoms with E-state index in [1.165, 1.54) is 0 Å². The Balaban J connectivity index is 1.62. The maximum absolute atomic E-state index is 13.7. The van der Waals surface area contributed by atoms with E-state index in [9.17, 15) is 13.6 Å². The molecular formula is C18H21F2N5O. The molecule has 1 amide bonds. The number of fused-ring (bicyclic) bond motifs is 1. The van der Waals surface area contributed by atoms with Crippen molar-refractivity contribution in [2.75, 3.05) is 18.9 Å². The van der Waals surface area contributed by atoms with Gasteiger partial charge in [-0.05, 0) is 42.2 Å². The molecule has 0 bridgehead atoms. The SMILES string of the molecule is CNc1ncc2c(n1)CN(C(=O)C[C@H](N)Cc1cc(F)ccc1F)CC2. The molecule has 2 heterocycles. The molecule has 0 fully saturated rings. The summed E-state index contributed by atoms with van der Waals surface area (Å²) in [5.74, 6) is -0.647. The Bertz CT molecular complexity index is 814. The van der Waals surface area contributed by atoms with E-state index in [1.807, 2.05) is 0 Å². The number of anilines is 1. The summed E-state index contributed by atoms with van der Waals surface area (Å²) in [6.45, 7) is 0.960. The normalized spacial score (nSPS) is 14.7. The molecule has 0 radical (unpaired) electrons. The number of carbonyl (C=O) groups is 1. The third-order valence-corrected chi connectivity index (χ3v) is 4.45. The maximum Gasteiger partial charge on any atom is 0.224 e. The van der Waals surface area contributed by atoms with Gasteiger partial charge in [-0.15, -0.1) is 0 Å². The first-order valence-corrected chi connectivity index (χ1v) is 8.46. The fourth-order valence-corrected chi connectivity index (χ4v) is 3.04. The lowest BCUT2D eigenvalue weighted by Crippen LogP contribution is -2.40. The van der Waals surface area contributed by atoms with Crippen LogP contribution < -0.4 is 11.1 Å². The minimum Gasteiger partial charge on any atom is -0.357 e. The summed E-state index contributed by atoms with van der Waals surface area (Å²) in [4.78, 5) is 22.8. The highest BCUT2D eigenvalue weighted by molar-refractivity contribution is 5.77. The standard InChI is InChI=1S/C18H21F2N5O/c1-22-18-23-9-11-4-5-25(10-16(11)24-18)17(26)8-14(21)7-12-6-13(19)2-3-15(12)20/h2-3,6,9,14H,4-5,7-8,10,21H2,1H3,(H,22,23,24)/t14-/m1/s1. The Kier molecular flexibility index (Phi) is 5.41. The first-order chi connectivity index (χ1) is 12.5. The van der Waals surface area contributed by atoms with E-state index in [0.717, 1.165) is 29.5 Å². The van der Waals surface area contributed by atoms with Crippen molar-refractivity contribution in [1.82, 2.24) is 14.9 Å². The van der Waals surface area contributed by atoms with E-state index in [2.05, 4.69) is 15.3 Å². The van der Waals surface area contributed by atoms with E-state index < -0.39 is 17.7 Å². The van der Waals surface area contributed by atoms with Crippen LogP contribution in [0.4, 0.5) is 14.7 Å². The summed E-state index contributed by atoms with van der Waals surface area (Å²) in [6.07, 6.45) is 2.62. The number of hydrogen-bond donors (Lipinski definition) is 2. The molecule has 6 nitrogen and oxygen atoms in total. The van der Waals surface area contributed by atoms with Crippen LogP contribution in [0.3, 0.4) is 0 Å². The van der Waals surface area contributed by atoms with Crippen LogP contribution >= 0.6 is 0 Å². The van der Waals surface area contributed by atoms with Crippen LogP contribution in [-0.4, -0.2) is 40.4 Å². The summed E-state index contributed by atoms with van der Waals surface area (Å²) in [6, 6.07) is 2.66. The van der Waals surface area contributed by atoms with Crippen LogP contribution in [0, 0.1) is 11.6 Å². The Morgan fingerprint density at radius 2 is 2.23 bits per heavy atom. The molecule has 138 valence electrons. The van der Waals surface area contributed by atoms with Gasteiger partial charge in [0, 0.05) is 32.3 Å². The van der Waals surface area contributed by atoms with Crippen molar-refractivity contribution in [3.05, 3.63) is 52.9 Å². The molecule has 0 spiro atoms. The highest BCUT2D eigenvalue weighted by Gasteiger charge is 2.24. The van der Waals surface area contributed by atoms with Crippen molar-refractivity contribution >= 4 is 11.9 Å². The number of carbonyl (C=O) groups excluding carboxylic acids is 1. The molecule has 0 saturated heterocycles. The fraction of sp³-hybridized carbons (Fsp3) is 0.389. The van der Waals surface area contributed by atoms with E-state index in [0.29, 0.717) is 25.5 Å². The molecule has 0 saturated carbocycles. The van der Waals surface area contributed by atoms with Crippen molar-refractivity contribution in [2.24, 2.45) is 5.73 Å². The minimum atomic E-state index is -0.585. The predicted octanol–water partition coefficient (Wildman–Crippen LogP) is 1.64. The molecule has 1 atom stereocenters. The largest absolute Gasteiger partial charge is 0.357 e. The molecule has 2 aromatic rings. The number of hydrogen-bond acceptors (Lipinski definition) is 5. The third kappa shape index (κ3) is 4.13. The number of rotatable bonds is 5. The van der Waals surface area contributed by atoms with Crippen molar-refractivity contribution < 1.29 is 13.6 Å². The molecule has 0 aliphatic carbocycles. The molecule has 8 heteroatoms. The van der Waals surface area contributed by atoms with Gasteiger partial charge in [-0.25, -0.2) is 18.7 Å². The topological polar surface area (TPSA) is 84.1 Å². The van der Waals surface area contributed by atoms with Crippen molar-refractivity contribution in [3.8, 4) is 0 Å². The lowest BCUT2D eigenvalue weighted by atomic mass is 10.0. The van der Waals surface area contributed by atoms with Crippen LogP contribution in [0.5, 0.6) is 0 Å². The minimum absolute atomic E-state index is 0.0647. The van der Waals surface area contributed by atoms with Gasteiger partial charge < -0.3 is 16.0 Å². The van der Waals surface area contributed by atoms with Gasteiger partial charge in [0.1, 0.15) is 11.6 Å². The van der Waals surface area contributed by atoms with E-state index in [1.54, 1.807) is 18.1 Å². The molecule has 0 unspecified atom stereocenters. The van der Waals surface area contributed by atoms with Gasteiger partial charge in [0.15, 0.2) is 0 Å². The highest BCUT2D eigenvalue weighted by Crippen LogP contribution is 2.19. The predicted molar refractivity (Wildman–Crippen MR) is 93.4 cm³/mol. The zero-order valence-corrected chi connectivity index (χ0v) is 14.5. The van der Waals surface area contributed by atoms with Gasteiger partial charge >= 0.3 is 0 Å². The van der Waals surface area contributed by atoms with Gasteiger partial charge in [0.25, 0.3) is 0 Å². The number of nitrogens with zero attached hydrogens (tertiary/aromatic N) is 3. The van der Waals surface area contributed by atoms with E-state index >= 15 is 0 Å². The van der Waals surface area contributed by atoms with Gasteiger partial charge in [0.05, 0.1) is 12.2 Å². The number of aromatic nitrogens is 2. The van der Waals surface area contributed by atoms with Crippen molar-refractivity contribution in [3.63, 3.8) is 0 Å². The van der Waals surface area contributed by atoms with Crippen LogP contribution in [-0.2, 0) is 24.2 Å². The van der Waals surface area contributed by atoms with Crippen molar-refractivity contribution in [1.29, 1.82) is 0 Å². The Labute approximate surface area is 150 Å². The Hall–Kier alpha value is -2.61. The van der Waals surface area contributed by atoms with Gasteiger partial charge in [-0.1, -0.05) is 0 Å². The molecule has 1 aromatic heterocycles. The van der Waals surface area contributed by atoms with Gasteiger partial charge in [-0.2, -0.15) is 0 Å². The maximum atomic E-state index is 13.7. The molecule has 1 aliphatic rings.